The SMILES string of the molecule is CC1(I)Cc2ccccc2O1. The van der Waals surface area contributed by atoms with Crippen molar-refractivity contribution in [3.8, 4) is 5.75 Å². The molecule has 1 aliphatic heterocycles. The van der Waals surface area contributed by atoms with Crippen LogP contribution in [0.5, 0.6) is 5.75 Å². The molecule has 0 bridgehead atoms. The average Bonchev–Trinajstić information content (AvgIpc) is 2.21. The maximum atomic E-state index is 5.68. The van der Waals surface area contributed by atoms with Crippen molar-refractivity contribution in [3.05, 3.63) is 29.8 Å². The van der Waals surface area contributed by atoms with Crippen LogP contribution in [-0.2, 0) is 6.42 Å². The van der Waals surface area contributed by atoms with Crippen molar-refractivity contribution in [2.24, 2.45) is 0 Å². The number of para-hydroxylation sites is 1. The van der Waals surface area contributed by atoms with E-state index < -0.39 is 0 Å². The molecule has 1 heterocycles. The average molecular weight is 260 g/mol. The summed E-state index contributed by atoms with van der Waals surface area (Å²) in [5.41, 5.74) is 1.32. The van der Waals surface area contributed by atoms with Gasteiger partial charge in [0.2, 0.25) is 0 Å². The molecule has 0 radical (unpaired) electrons. The molecule has 1 atom stereocenters. The standard InChI is InChI=1S/C9H9IO/c1-9(10)6-7-4-2-3-5-8(7)11-9/h2-5H,6H2,1H3. The van der Waals surface area contributed by atoms with E-state index in [1.54, 1.807) is 0 Å². The van der Waals surface area contributed by atoms with Gasteiger partial charge in [0.15, 0.2) is 3.61 Å². The third kappa shape index (κ3) is 1.36. The van der Waals surface area contributed by atoms with Gasteiger partial charge in [0.1, 0.15) is 5.75 Å². The number of halogens is 1. The van der Waals surface area contributed by atoms with E-state index in [0.717, 1.165) is 12.2 Å². The number of hydrogen-bond acceptors (Lipinski definition) is 1. The van der Waals surface area contributed by atoms with Gasteiger partial charge in [-0.05, 0) is 41.1 Å². The van der Waals surface area contributed by atoms with Crippen molar-refractivity contribution in [3.63, 3.8) is 0 Å². The second kappa shape index (κ2) is 2.37. The van der Waals surface area contributed by atoms with Gasteiger partial charge in [-0.25, -0.2) is 0 Å². The number of benzene rings is 1. The van der Waals surface area contributed by atoms with Crippen LogP contribution in [0, 0.1) is 0 Å². The highest BCUT2D eigenvalue weighted by Gasteiger charge is 2.30. The lowest BCUT2D eigenvalue weighted by Gasteiger charge is -2.14. The second-order valence-corrected chi connectivity index (χ2v) is 5.27. The molecule has 0 amide bonds. The molecule has 0 saturated heterocycles. The van der Waals surface area contributed by atoms with Crippen molar-refractivity contribution in [1.29, 1.82) is 0 Å². The van der Waals surface area contributed by atoms with E-state index in [1.165, 1.54) is 5.56 Å². The Bertz CT molecular complexity index is 254. The maximum absolute atomic E-state index is 5.68. The van der Waals surface area contributed by atoms with Crippen LogP contribution in [0.2, 0.25) is 0 Å². The molecule has 11 heavy (non-hydrogen) atoms. The fraction of sp³-hybridized carbons (Fsp3) is 0.333. The third-order valence-electron chi connectivity index (χ3n) is 1.80. The van der Waals surface area contributed by atoms with E-state index in [9.17, 15) is 0 Å². The van der Waals surface area contributed by atoms with Gasteiger partial charge in [0, 0.05) is 6.42 Å². The Kier molecular flexibility index (Phi) is 1.59. The van der Waals surface area contributed by atoms with Crippen molar-refractivity contribution in [2.45, 2.75) is 17.0 Å². The molecule has 0 aromatic heterocycles. The predicted molar refractivity (Wildman–Crippen MR) is 53.2 cm³/mol. The van der Waals surface area contributed by atoms with Crippen LogP contribution in [0.3, 0.4) is 0 Å². The summed E-state index contributed by atoms with van der Waals surface area (Å²) >= 11 is 2.34. The van der Waals surface area contributed by atoms with Gasteiger partial charge in [-0.3, -0.25) is 0 Å². The molecule has 1 aromatic rings. The molecule has 1 aromatic carbocycles. The molecule has 58 valence electrons. The van der Waals surface area contributed by atoms with Gasteiger partial charge in [-0.15, -0.1) is 0 Å². The van der Waals surface area contributed by atoms with Gasteiger partial charge in [-0.2, -0.15) is 0 Å². The normalized spacial score (nSPS) is 27.8. The molecular formula is C9H9IO. The van der Waals surface area contributed by atoms with Crippen LogP contribution < -0.4 is 4.74 Å². The minimum Gasteiger partial charge on any atom is -0.477 e. The van der Waals surface area contributed by atoms with Crippen LogP contribution in [0.15, 0.2) is 24.3 Å². The minimum absolute atomic E-state index is 0.0263. The fourth-order valence-electron chi connectivity index (χ4n) is 1.35. The zero-order chi connectivity index (χ0) is 7.90. The van der Waals surface area contributed by atoms with Crippen molar-refractivity contribution < 1.29 is 4.74 Å². The molecule has 1 nitrogen and oxygen atoms in total. The lowest BCUT2D eigenvalue weighted by atomic mass is 10.1. The predicted octanol–water partition coefficient (Wildman–Crippen LogP) is 2.77. The van der Waals surface area contributed by atoms with Gasteiger partial charge >= 0.3 is 0 Å². The molecule has 0 aliphatic carbocycles. The Hall–Kier alpha value is -0.250. The first-order valence-electron chi connectivity index (χ1n) is 3.63. The number of rotatable bonds is 0. The fourth-order valence-corrected chi connectivity index (χ4v) is 2.00. The van der Waals surface area contributed by atoms with Gasteiger partial charge in [0.05, 0.1) is 0 Å². The molecule has 0 fully saturated rings. The van der Waals surface area contributed by atoms with E-state index in [-0.39, 0.29) is 3.61 Å². The van der Waals surface area contributed by atoms with Gasteiger partial charge < -0.3 is 4.74 Å². The Morgan fingerprint density at radius 1 is 1.45 bits per heavy atom. The molecule has 0 saturated carbocycles. The van der Waals surface area contributed by atoms with Crippen LogP contribution in [0.4, 0.5) is 0 Å². The van der Waals surface area contributed by atoms with E-state index in [1.807, 2.05) is 12.1 Å². The zero-order valence-corrected chi connectivity index (χ0v) is 8.46. The summed E-state index contributed by atoms with van der Waals surface area (Å²) in [6.45, 7) is 2.10. The quantitative estimate of drug-likeness (QED) is 0.514. The number of fused-ring (bicyclic) bond motifs is 1. The first-order valence-corrected chi connectivity index (χ1v) is 4.71. The summed E-state index contributed by atoms with van der Waals surface area (Å²) < 4.78 is 5.65. The molecule has 0 N–H and O–H groups in total. The second-order valence-electron chi connectivity index (χ2n) is 2.99. The van der Waals surface area contributed by atoms with Gasteiger partial charge in [0.25, 0.3) is 0 Å². The van der Waals surface area contributed by atoms with Crippen LogP contribution in [-0.4, -0.2) is 3.61 Å². The van der Waals surface area contributed by atoms with E-state index in [0.29, 0.717) is 0 Å². The summed E-state index contributed by atoms with van der Waals surface area (Å²) in [7, 11) is 0. The van der Waals surface area contributed by atoms with Crippen LogP contribution in [0.25, 0.3) is 0 Å². The Balaban J connectivity index is 2.41. The van der Waals surface area contributed by atoms with Crippen molar-refractivity contribution >= 4 is 22.6 Å². The summed E-state index contributed by atoms with van der Waals surface area (Å²) in [6.07, 6.45) is 1.02. The number of ether oxygens (including phenoxy) is 1. The first-order chi connectivity index (χ1) is 5.17. The first kappa shape index (κ1) is 7.40. The van der Waals surface area contributed by atoms with E-state index >= 15 is 0 Å². The number of hydrogen-bond donors (Lipinski definition) is 0. The maximum Gasteiger partial charge on any atom is 0.160 e. The van der Waals surface area contributed by atoms with E-state index in [4.69, 9.17) is 4.74 Å². The lowest BCUT2D eigenvalue weighted by Crippen LogP contribution is -2.19. The number of alkyl halides is 1. The van der Waals surface area contributed by atoms with Gasteiger partial charge in [-0.1, -0.05) is 18.2 Å². The highest BCUT2D eigenvalue weighted by Crippen LogP contribution is 2.38. The Morgan fingerprint density at radius 3 is 2.91 bits per heavy atom. The van der Waals surface area contributed by atoms with Crippen LogP contribution >= 0.6 is 22.6 Å². The van der Waals surface area contributed by atoms with Crippen LogP contribution in [0.1, 0.15) is 12.5 Å². The summed E-state index contributed by atoms with van der Waals surface area (Å²) in [6, 6.07) is 8.22. The summed E-state index contributed by atoms with van der Waals surface area (Å²) in [5.74, 6) is 1.05. The minimum atomic E-state index is -0.0263. The summed E-state index contributed by atoms with van der Waals surface area (Å²) in [5, 5.41) is 0. The van der Waals surface area contributed by atoms with Crippen molar-refractivity contribution in [1.82, 2.24) is 0 Å². The van der Waals surface area contributed by atoms with Crippen molar-refractivity contribution in [2.75, 3.05) is 0 Å². The highest BCUT2D eigenvalue weighted by atomic mass is 127. The van der Waals surface area contributed by atoms with E-state index in [2.05, 4.69) is 41.6 Å². The topological polar surface area (TPSA) is 9.23 Å². The molecule has 2 rings (SSSR count). The largest absolute Gasteiger partial charge is 0.477 e. The Morgan fingerprint density at radius 2 is 2.18 bits per heavy atom. The molecule has 0 spiro atoms. The highest BCUT2D eigenvalue weighted by molar-refractivity contribution is 14.1. The zero-order valence-electron chi connectivity index (χ0n) is 6.30. The molecule has 1 unspecified atom stereocenters. The Labute approximate surface area is 79.9 Å². The molecular weight excluding hydrogens is 251 g/mol. The molecule has 2 heteroatoms. The summed E-state index contributed by atoms with van der Waals surface area (Å²) in [4.78, 5) is 0. The third-order valence-corrected chi connectivity index (χ3v) is 2.40. The molecule has 1 aliphatic rings. The lowest BCUT2D eigenvalue weighted by molar-refractivity contribution is 0.236. The monoisotopic (exact) mass is 260 g/mol. The smallest absolute Gasteiger partial charge is 0.160 e.